The van der Waals surface area contributed by atoms with E-state index in [0.29, 0.717) is 31.1 Å². The van der Waals surface area contributed by atoms with Gasteiger partial charge in [0, 0.05) is 5.02 Å². The van der Waals surface area contributed by atoms with Crippen molar-refractivity contribution in [2.45, 2.75) is 10.6 Å². The Kier molecular flexibility index (Phi) is 5.06. The van der Waals surface area contributed by atoms with Gasteiger partial charge in [-0.1, -0.05) is 46.9 Å². The van der Waals surface area contributed by atoms with Crippen LogP contribution >= 0.6 is 34.8 Å². The zero-order chi connectivity index (χ0) is 14.7. The topological polar surface area (TPSA) is 40.9 Å². The predicted molar refractivity (Wildman–Crippen MR) is 82.7 cm³/mol. The van der Waals surface area contributed by atoms with E-state index in [2.05, 4.69) is 0 Å². The monoisotopic (exact) mass is 343 g/mol. The first-order valence-electron chi connectivity index (χ1n) is 5.54. The molecule has 1 unspecified atom stereocenters. The summed E-state index contributed by atoms with van der Waals surface area (Å²) < 4.78 is 12.4. The van der Waals surface area contributed by atoms with E-state index in [1.165, 1.54) is 0 Å². The molecule has 2 aromatic rings. The summed E-state index contributed by atoms with van der Waals surface area (Å²) in [5, 5.41) is 9.91. The Morgan fingerprint density at radius 3 is 2.25 bits per heavy atom. The molecule has 0 heterocycles. The average molecular weight is 345 g/mol. The van der Waals surface area contributed by atoms with Gasteiger partial charge in [0.05, 0.1) is 43.1 Å². The van der Waals surface area contributed by atoms with E-state index in [0.717, 1.165) is 0 Å². The molecule has 0 saturated heterocycles. The maximum atomic E-state index is 12.4. The summed E-state index contributed by atoms with van der Waals surface area (Å²) >= 11 is 18.1. The lowest BCUT2D eigenvalue weighted by atomic mass is 10.2. The van der Waals surface area contributed by atoms with Crippen molar-refractivity contribution in [1.29, 1.82) is 5.26 Å². The Hall–Kier alpha value is -1.05. The third-order valence-corrected chi connectivity index (χ3v) is 5.29. The molecule has 0 aliphatic heterocycles. The summed E-state index contributed by atoms with van der Waals surface area (Å²) in [7, 11) is -1.41. The average Bonchev–Trinajstić information content (AvgIpc) is 2.41. The van der Waals surface area contributed by atoms with E-state index >= 15 is 0 Å². The Morgan fingerprint density at radius 1 is 1.05 bits per heavy atom. The second kappa shape index (κ2) is 6.60. The van der Waals surface area contributed by atoms with Crippen molar-refractivity contribution < 1.29 is 4.21 Å². The van der Waals surface area contributed by atoms with Crippen LogP contribution in [0.2, 0.25) is 15.1 Å². The van der Waals surface area contributed by atoms with Crippen LogP contribution < -0.4 is 0 Å². The lowest BCUT2D eigenvalue weighted by molar-refractivity contribution is 0.682. The highest BCUT2D eigenvalue weighted by molar-refractivity contribution is 7.84. The summed E-state index contributed by atoms with van der Waals surface area (Å²) in [6.45, 7) is 0. The smallest absolute Gasteiger partial charge is 0.0992 e. The second-order valence-corrected chi connectivity index (χ2v) is 6.57. The highest BCUT2D eigenvalue weighted by atomic mass is 35.5. The molecule has 1 atom stereocenters. The fourth-order valence-electron chi connectivity index (χ4n) is 1.65. The van der Waals surface area contributed by atoms with Crippen LogP contribution in [-0.4, -0.2) is 4.21 Å². The summed E-state index contributed by atoms with van der Waals surface area (Å²) in [5.74, 6) is 0.188. The first-order chi connectivity index (χ1) is 9.52. The van der Waals surface area contributed by atoms with Crippen LogP contribution in [-0.2, 0) is 16.6 Å². The Morgan fingerprint density at radius 2 is 1.70 bits per heavy atom. The maximum Gasteiger partial charge on any atom is 0.0992 e. The minimum atomic E-state index is -1.41. The number of hydrogen-bond donors (Lipinski definition) is 0. The summed E-state index contributed by atoms with van der Waals surface area (Å²) in [6, 6.07) is 11.8. The largest absolute Gasteiger partial charge is 0.254 e. The van der Waals surface area contributed by atoms with Crippen molar-refractivity contribution in [3.8, 4) is 6.07 Å². The maximum absolute atomic E-state index is 12.4. The third-order valence-electron chi connectivity index (χ3n) is 2.62. The minimum Gasteiger partial charge on any atom is -0.254 e. The lowest BCUT2D eigenvalue weighted by Gasteiger charge is -2.08. The van der Waals surface area contributed by atoms with Crippen LogP contribution in [0, 0.1) is 11.3 Å². The van der Waals surface area contributed by atoms with E-state index in [-0.39, 0.29) is 5.75 Å². The molecule has 6 heteroatoms. The van der Waals surface area contributed by atoms with Gasteiger partial charge in [-0.05, 0) is 29.8 Å². The van der Waals surface area contributed by atoms with Crippen molar-refractivity contribution in [3.63, 3.8) is 0 Å². The molecule has 0 aromatic heterocycles. The van der Waals surface area contributed by atoms with E-state index in [1.54, 1.807) is 36.4 Å². The predicted octanol–water partition coefficient (Wildman–Crippen LogP) is 4.83. The molecule has 102 valence electrons. The molecule has 0 fully saturated rings. The number of hydrogen-bond acceptors (Lipinski definition) is 2. The number of halogens is 3. The molecule has 0 radical (unpaired) electrons. The van der Waals surface area contributed by atoms with Gasteiger partial charge in [-0.25, -0.2) is 0 Å². The Labute approximate surface area is 134 Å². The van der Waals surface area contributed by atoms with Crippen molar-refractivity contribution in [2.24, 2.45) is 0 Å². The van der Waals surface area contributed by atoms with Gasteiger partial charge in [-0.2, -0.15) is 5.26 Å². The molecule has 20 heavy (non-hydrogen) atoms. The highest BCUT2D eigenvalue weighted by Crippen LogP contribution is 2.30. The minimum absolute atomic E-state index is 0.188. The quantitative estimate of drug-likeness (QED) is 0.800. The summed E-state index contributed by atoms with van der Waals surface area (Å²) in [5.41, 5.74) is 1.14. The fraction of sp³-hybridized carbons (Fsp3) is 0.0714. The normalized spacial score (nSPS) is 11.9. The molecule has 0 N–H and O–H groups in total. The SMILES string of the molecule is N#Cc1ccc(CS(=O)c2c(Cl)cccc2Cl)c(Cl)c1. The van der Waals surface area contributed by atoms with E-state index in [9.17, 15) is 4.21 Å². The van der Waals surface area contributed by atoms with Crippen molar-refractivity contribution >= 4 is 45.6 Å². The molecule has 2 aromatic carbocycles. The zero-order valence-electron chi connectivity index (χ0n) is 10.1. The standard InChI is InChI=1S/C14H8Cl3NOS/c15-11-2-1-3-12(16)14(11)20(19)8-10-5-4-9(7-18)6-13(10)17/h1-6H,8H2. The number of benzene rings is 2. The first kappa shape index (κ1) is 15.3. The summed E-state index contributed by atoms with van der Waals surface area (Å²) in [4.78, 5) is 0.399. The van der Waals surface area contributed by atoms with Gasteiger partial charge >= 0.3 is 0 Å². The number of nitriles is 1. The highest BCUT2D eigenvalue weighted by Gasteiger charge is 2.15. The molecule has 2 nitrogen and oxygen atoms in total. The van der Waals surface area contributed by atoms with Crippen molar-refractivity contribution in [2.75, 3.05) is 0 Å². The van der Waals surface area contributed by atoms with Gasteiger partial charge in [0.2, 0.25) is 0 Å². The molecule has 0 bridgehead atoms. The molecule has 0 spiro atoms. The van der Waals surface area contributed by atoms with Gasteiger partial charge in [-0.3, -0.25) is 4.21 Å². The van der Waals surface area contributed by atoms with E-state index in [1.807, 2.05) is 6.07 Å². The molecular formula is C14H8Cl3NOS. The van der Waals surface area contributed by atoms with Gasteiger partial charge in [0.25, 0.3) is 0 Å². The molecule has 0 saturated carbocycles. The number of nitrogens with zero attached hydrogens (tertiary/aromatic N) is 1. The Balaban J connectivity index is 2.31. The third kappa shape index (κ3) is 3.34. The molecular weight excluding hydrogens is 337 g/mol. The molecule has 0 amide bonds. The van der Waals surface area contributed by atoms with Gasteiger partial charge in [0.15, 0.2) is 0 Å². The zero-order valence-corrected chi connectivity index (χ0v) is 13.2. The van der Waals surface area contributed by atoms with Crippen LogP contribution in [0.25, 0.3) is 0 Å². The van der Waals surface area contributed by atoms with Crippen LogP contribution in [0.4, 0.5) is 0 Å². The van der Waals surface area contributed by atoms with E-state index < -0.39 is 10.8 Å². The van der Waals surface area contributed by atoms with Gasteiger partial charge in [-0.15, -0.1) is 0 Å². The first-order valence-corrected chi connectivity index (χ1v) is 7.99. The Bertz CT molecular complexity index is 705. The molecule has 0 aliphatic carbocycles. The fourth-order valence-corrected chi connectivity index (χ4v) is 4.14. The van der Waals surface area contributed by atoms with Crippen molar-refractivity contribution in [1.82, 2.24) is 0 Å². The molecule has 2 rings (SSSR count). The second-order valence-electron chi connectivity index (χ2n) is 3.96. The van der Waals surface area contributed by atoms with Crippen LogP contribution in [0.5, 0.6) is 0 Å². The van der Waals surface area contributed by atoms with Crippen molar-refractivity contribution in [3.05, 3.63) is 62.6 Å². The van der Waals surface area contributed by atoms with Crippen LogP contribution in [0.15, 0.2) is 41.3 Å². The van der Waals surface area contributed by atoms with E-state index in [4.69, 9.17) is 40.1 Å². The van der Waals surface area contributed by atoms with Crippen LogP contribution in [0.1, 0.15) is 11.1 Å². The number of rotatable bonds is 3. The summed E-state index contributed by atoms with van der Waals surface area (Å²) in [6.07, 6.45) is 0. The lowest BCUT2D eigenvalue weighted by Crippen LogP contribution is -1.99. The molecule has 0 aliphatic rings. The van der Waals surface area contributed by atoms with Gasteiger partial charge in [0.1, 0.15) is 0 Å². The van der Waals surface area contributed by atoms with Gasteiger partial charge < -0.3 is 0 Å². The van der Waals surface area contributed by atoms with Crippen LogP contribution in [0.3, 0.4) is 0 Å².